The van der Waals surface area contributed by atoms with Crippen LogP contribution in [0.3, 0.4) is 0 Å². The van der Waals surface area contributed by atoms with Gasteiger partial charge >= 0.3 is 0 Å². The van der Waals surface area contributed by atoms with E-state index in [0.717, 1.165) is 23.8 Å². The van der Waals surface area contributed by atoms with Gasteiger partial charge in [-0.1, -0.05) is 18.2 Å². The molecule has 3 heteroatoms. The van der Waals surface area contributed by atoms with E-state index < -0.39 is 0 Å². The number of hydrogen-bond donors (Lipinski definition) is 2. The topological polar surface area (TPSA) is 37.0 Å². The van der Waals surface area contributed by atoms with Gasteiger partial charge in [0.15, 0.2) is 0 Å². The summed E-state index contributed by atoms with van der Waals surface area (Å²) in [5.74, 6) is 0. The average Bonchev–Trinajstić information content (AvgIpc) is 3.20. The minimum Gasteiger partial charge on any atom is -0.382 e. The van der Waals surface area contributed by atoms with Crippen LogP contribution in [-0.2, 0) is 6.54 Å². The molecule has 100 valence electrons. The quantitative estimate of drug-likeness (QED) is 0.860. The minimum absolute atomic E-state index is 0.426. The van der Waals surface area contributed by atoms with E-state index in [0.29, 0.717) is 6.04 Å². The lowest BCUT2D eigenvalue weighted by atomic mass is 10.1. The van der Waals surface area contributed by atoms with Gasteiger partial charge in [0.2, 0.25) is 0 Å². The number of fused-ring (bicyclic) bond motifs is 1. The normalized spacial score (nSPS) is 15.1. The first-order chi connectivity index (χ1) is 9.22. The van der Waals surface area contributed by atoms with Crippen LogP contribution in [0.15, 0.2) is 30.3 Å². The number of rotatable bonds is 5. The second kappa shape index (κ2) is 5.17. The maximum atomic E-state index is 4.74. The monoisotopic (exact) mass is 255 g/mol. The van der Waals surface area contributed by atoms with Crippen molar-refractivity contribution in [2.24, 2.45) is 0 Å². The minimum atomic E-state index is 0.426. The Morgan fingerprint density at radius 1 is 1.26 bits per heavy atom. The molecule has 1 fully saturated rings. The van der Waals surface area contributed by atoms with Crippen LogP contribution in [-0.4, -0.2) is 17.1 Å². The van der Waals surface area contributed by atoms with Crippen molar-refractivity contribution in [3.05, 3.63) is 36.0 Å². The third-order valence-corrected chi connectivity index (χ3v) is 3.36. The number of benzene rings is 1. The molecule has 3 nitrogen and oxygen atoms in total. The van der Waals surface area contributed by atoms with Crippen molar-refractivity contribution in [3.63, 3.8) is 0 Å². The first-order valence-electron chi connectivity index (χ1n) is 7.11. The zero-order chi connectivity index (χ0) is 13.2. The van der Waals surface area contributed by atoms with Gasteiger partial charge in [0.05, 0.1) is 11.2 Å². The van der Waals surface area contributed by atoms with Crippen LogP contribution in [0.4, 0.5) is 5.69 Å². The summed E-state index contributed by atoms with van der Waals surface area (Å²) < 4.78 is 0. The SMILES string of the molecule is CC(C)Nc1cc(CNC2CC2)nc2ccccc12. The molecule has 19 heavy (non-hydrogen) atoms. The highest BCUT2D eigenvalue weighted by Gasteiger charge is 2.20. The van der Waals surface area contributed by atoms with Crippen LogP contribution >= 0.6 is 0 Å². The van der Waals surface area contributed by atoms with Crippen LogP contribution < -0.4 is 10.6 Å². The summed E-state index contributed by atoms with van der Waals surface area (Å²) in [5, 5.41) is 8.25. The molecule has 3 rings (SSSR count). The van der Waals surface area contributed by atoms with E-state index in [1.54, 1.807) is 0 Å². The summed E-state index contributed by atoms with van der Waals surface area (Å²) in [6.45, 7) is 5.19. The van der Waals surface area contributed by atoms with Gasteiger partial charge in [0.1, 0.15) is 0 Å². The Balaban J connectivity index is 1.93. The molecule has 1 aromatic carbocycles. The molecule has 1 aromatic heterocycles. The molecule has 0 unspecified atom stereocenters. The Morgan fingerprint density at radius 3 is 2.79 bits per heavy atom. The van der Waals surface area contributed by atoms with E-state index in [9.17, 15) is 0 Å². The van der Waals surface area contributed by atoms with E-state index in [1.165, 1.54) is 23.9 Å². The van der Waals surface area contributed by atoms with Crippen molar-refractivity contribution in [1.29, 1.82) is 0 Å². The Labute approximate surface area is 114 Å². The van der Waals surface area contributed by atoms with Gasteiger partial charge in [-0.3, -0.25) is 4.98 Å². The van der Waals surface area contributed by atoms with Gasteiger partial charge in [-0.2, -0.15) is 0 Å². The standard InChI is InChI=1S/C16H21N3/c1-11(2)18-16-9-13(10-17-12-7-8-12)19-15-6-4-3-5-14(15)16/h3-6,9,11-12,17H,7-8,10H2,1-2H3,(H,18,19). The molecule has 1 aliphatic carbocycles. The Bertz CT molecular complexity index is 573. The number of nitrogens with zero attached hydrogens (tertiary/aromatic N) is 1. The third kappa shape index (κ3) is 3.04. The molecule has 2 aromatic rings. The summed E-state index contributed by atoms with van der Waals surface area (Å²) >= 11 is 0. The number of anilines is 1. The van der Waals surface area contributed by atoms with Crippen molar-refractivity contribution in [3.8, 4) is 0 Å². The fraction of sp³-hybridized carbons (Fsp3) is 0.438. The van der Waals surface area contributed by atoms with Gasteiger partial charge in [-0.05, 0) is 38.8 Å². The fourth-order valence-corrected chi connectivity index (χ4v) is 2.29. The highest BCUT2D eigenvalue weighted by molar-refractivity contribution is 5.91. The Hall–Kier alpha value is -1.61. The average molecular weight is 255 g/mol. The highest BCUT2D eigenvalue weighted by atomic mass is 15.0. The molecular formula is C16H21N3. The predicted octanol–water partition coefficient (Wildman–Crippen LogP) is 3.31. The van der Waals surface area contributed by atoms with Crippen molar-refractivity contribution in [2.45, 2.75) is 45.3 Å². The molecule has 1 saturated carbocycles. The molecule has 0 amide bonds. The number of nitrogens with one attached hydrogen (secondary N) is 2. The molecule has 0 aliphatic heterocycles. The molecule has 0 spiro atoms. The maximum Gasteiger partial charge on any atom is 0.0726 e. The van der Waals surface area contributed by atoms with Crippen LogP contribution in [0.5, 0.6) is 0 Å². The lowest BCUT2D eigenvalue weighted by molar-refractivity contribution is 0.676. The van der Waals surface area contributed by atoms with Gasteiger partial charge in [0.25, 0.3) is 0 Å². The summed E-state index contributed by atoms with van der Waals surface area (Å²) in [4.78, 5) is 4.74. The molecule has 0 saturated heterocycles. The van der Waals surface area contributed by atoms with Gasteiger partial charge < -0.3 is 10.6 Å². The zero-order valence-corrected chi connectivity index (χ0v) is 11.6. The maximum absolute atomic E-state index is 4.74. The lowest BCUT2D eigenvalue weighted by Crippen LogP contribution is -2.17. The summed E-state index contributed by atoms with van der Waals surface area (Å²) in [6, 6.07) is 11.7. The van der Waals surface area contributed by atoms with Crippen LogP contribution in [0, 0.1) is 0 Å². The van der Waals surface area contributed by atoms with Gasteiger partial charge in [0, 0.05) is 29.7 Å². The smallest absolute Gasteiger partial charge is 0.0726 e. The second-order valence-corrected chi connectivity index (χ2v) is 5.63. The first-order valence-corrected chi connectivity index (χ1v) is 7.11. The molecular weight excluding hydrogens is 234 g/mol. The van der Waals surface area contributed by atoms with Gasteiger partial charge in [-0.15, -0.1) is 0 Å². The molecule has 0 atom stereocenters. The fourth-order valence-electron chi connectivity index (χ4n) is 2.29. The highest BCUT2D eigenvalue weighted by Crippen LogP contribution is 2.25. The van der Waals surface area contributed by atoms with E-state index in [-0.39, 0.29) is 0 Å². The molecule has 1 aliphatic rings. The van der Waals surface area contributed by atoms with E-state index in [1.807, 2.05) is 6.07 Å². The summed E-state index contributed by atoms with van der Waals surface area (Å²) in [5.41, 5.74) is 3.38. The van der Waals surface area contributed by atoms with Crippen LogP contribution in [0.1, 0.15) is 32.4 Å². The summed E-state index contributed by atoms with van der Waals surface area (Å²) in [6.07, 6.45) is 2.62. The van der Waals surface area contributed by atoms with Crippen molar-refractivity contribution in [2.75, 3.05) is 5.32 Å². The van der Waals surface area contributed by atoms with Gasteiger partial charge in [-0.25, -0.2) is 0 Å². The lowest BCUT2D eigenvalue weighted by Gasteiger charge is -2.14. The zero-order valence-electron chi connectivity index (χ0n) is 11.6. The predicted molar refractivity (Wildman–Crippen MR) is 80.4 cm³/mol. The van der Waals surface area contributed by atoms with E-state index in [2.05, 4.69) is 48.7 Å². The second-order valence-electron chi connectivity index (χ2n) is 5.63. The number of hydrogen-bond acceptors (Lipinski definition) is 3. The molecule has 0 bridgehead atoms. The Morgan fingerprint density at radius 2 is 2.05 bits per heavy atom. The van der Waals surface area contributed by atoms with E-state index in [4.69, 9.17) is 4.98 Å². The largest absolute Gasteiger partial charge is 0.382 e. The number of aromatic nitrogens is 1. The van der Waals surface area contributed by atoms with Crippen LogP contribution in [0.25, 0.3) is 10.9 Å². The van der Waals surface area contributed by atoms with Crippen molar-refractivity contribution < 1.29 is 0 Å². The molecule has 2 N–H and O–H groups in total. The number of para-hydroxylation sites is 1. The molecule has 1 heterocycles. The third-order valence-electron chi connectivity index (χ3n) is 3.36. The molecule has 0 radical (unpaired) electrons. The van der Waals surface area contributed by atoms with Crippen molar-refractivity contribution >= 4 is 16.6 Å². The van der Waals surface area contributed by atoms with Crippen molar-refractivity contribution in [1.82, 2.24) is 10.3 Å². The summed E-state index contributed by atoms with van der Waals surface area (Å²) in [7, 11) is 0. The van der Waals surface area contributed by atoms with E-state index >= 15 is 0 Å². The first kappa shape index (κ1) is 12.4. The number of pyridine rings is 1. The Kier molecular flexibility index (Phi) is 3.38. The van der Waals surface area contributed by atoms with Crippen LogP contribution in [0.2, 0.25) is 0 Å².